The maximum atomic E-state index is 12.8. The zero-order valence-electron chi connectivity index (χ0n) is 15.0. The Kier molecular flexibility index (Phi) is 4.88. The van der Waals surface area contributed by atoms with E-state index in [4.69, 9.17) is 4.74 Å². The Hall–Kier alpha value is -1.86. The number of ether oxygens (including phenoxy) is 1. The Labute approximate surface area is 155 Å². The summed E-state index contributed by atoms with van der Waals surface area (Å²) in [6, 6.07) is 7.89. The lowest BCUT2D eigenvalue weighted by atomic mass is 9.88. The molecular weight excluding hydrogens is 354 g/mol. The van der Waals surface area contributed by atoms with Gasteiger partial charge in [0, 0.05) is 24.4 Å². The smallest absolute Gasteiger partial charge is 0.342 e. The first-order valence-electron chi connectivity index (χ1n) is 8.09. The summed E-state index contributed by atoms with van der Waals surface area (Å²) in [7, 11) is 1.88. The lowest BCUT2D eigenvalue weighted by Crippen LogP contribution is -2.22. The highest BCUT2D eigenvalue weighted by Gasteiger charge is 2.35. The molecule has 2 aromatic rings. The van der Waals surface area contributed by atoms with Gasteiger partial charge < -0.3 is 4.74 Å². The fraction of sp³-hybridized carbons (Fsp3) is 0.389. The summed E-state index contributed by atoms with van der Waals surface area (Å²) in [5.74, 6) is -0.351. The summed E-state index contributed by atoms with van der Waals surface area (Å²) in [5, 5.41) is 5.28. The first kappa shape index (κ1) is 17.9. The number of hydrogen-bond donors (Lipinski definition) is 0. The molecule has 0 saturated carbocycles. The topological polar surface area (TPSA) is 54.8 Å². The standard InChI is InChI=1S/C18H21N3O2S2/c1-6-23-17(22)13(14-15(18(2,3)4)20-21(5)25-14)16-19-11-9-7-8-10-12(11)24-16/h7-10H,6H2,1-5H3/b14-13-. The second kappa shape index (κ2) is 6.80. The third-order valence-electron chi connectivity index (χ3n) is 3.60. The van der Waals surface area contributed by atoms with Crippen molar-refractivity contribution in [3.05, 3.63) is 34.2 Å². The Morgan fingerprint density at radius 1 is 1.28 bits per heavy atom. The predicted molar refractivity (Wildman–Crippen MR) is 105 cm³/mol. The number of hydrogen-bond acceptors (Lipinski definition) is 7. The molecule has 0 amide bonds. The zero-order chi connectivity index (χ0) is 18.2. The van der Waals surface area contributed by atoms with E-state index in [2.05, 4.69) is 30.9 Å². The van der Waals surface area contributed by atoms with E-state index in [-0.39, 0.29) is 11.4 Å². The van der Waals surface area contributed by atoms with Crippen molar-refractivity contribution in [2.45, 2.75) is 27.7 Å². The maximum absolute atomic E-state index is 12.8. The van der Waals surface area contributed by atoms with Crippen LogP contribution in [0, 0.1) is 5.41 Å². The number of aromatic nitrogens is 1. The SMILES string of the molecule is CCOC(=O)/C(=C1\SN(C)N=C1C(C)(C)C)c1nc2ccccc2s1. The van der Waals surface area contributed by atoms with E-state index in [1.54, 1.807) is 4.41 Å². The largest absolute Gasteiger partial charge is 0.462 e. The molecule has 3 rings (SSSR count). The molecule has 7 heteroatoms. The number of allylic oxidation sites excluding steroid dienone is 1. The van der Waals surface area contributed by atoms with Gasteiger partial charge in [0.2, 0.25) is 0 Å². The molecule has 132 valence electrons. The van der Waals surface area contributed by atoms with Gasteiger partial charge >= 0.3 is 5.97 Å². The summed E-state index contributed by atoms with van der Waals surface area (Å²) < 4.78 is 8.17. The first-order valence-corrected chi connectivity index (χ1v) is 9.68. The summed E-state index contributed by atoms with van der Waals surface area (Å²) in [6.45, 7) is 8.40. The van der Waals surface area contributed by atoms with Gasteiger partial charge in [-0.25, -0.2) is 14.2 Å². The van der Waals surface area contributed by atoms with Crippen molar-refractivity contribution in [2.24, 2.45) is 10.5 Å². The van der Waals surface area contributed by atoms with Gasteiger partial charge in [0.15, 0.2) is 0 Å². The number of hydrazone groups is 1. The monoisotopic (exact) mass is 375 g/mol. The molecule has 2 heterocycles. The normalized spacial score (nSPS) is 17.0. The average molecular weight is 376 g/mol. The number of benzene rings is 1. The minimum atomic E-state index is -0.351. The molecule has 0 saturated heterocycles. The van der Waals surface area contributed by atoms with Crippen LogP contribution >= 0.6 is 23.3 Å². The summed E-state index contributed by atoms with van der Waals surface area (Å²) in [6.07, 6.45) is 0. The van der Waals surface area contributed by atoms with E-state index in [0.29, 0.717) is 17.2 Å². The minimum absolute atomic E-state index is 0.193. The molecule has 1 aliphatic heterocycles. The predicted octanol–water partition coefficient (Wildman–Crippen LogP) is 4.57. The van der Waals surface area contributed by atoms with Gasteiger partial charge in [0.25, 0.3) is 0 Å². The second-order valence-corrected chi connectivity index (χ2v) is 8.82. The number of nitrogens with zero attached hydrogens (tertiary/aromatic N) is 3. The highest BCUT2D eigenvalue weighted by atomic mass is 32.2. The number of thiazole rings is 1. The quantitative estimate of drug-likeness (QED) is 0.447. The van der Waals surface area contributed by atoms with Gasteiger partial charge in [0.05, 0.1) is 27.4 Å². The molecule has 0 atom stereocenters. The molecule has 0 spiro atoms. The van der Waals surface area contributed by atoms with Crippen LogP contribution in [-0.2, 0) is 9.53 Å². The molecule has 25 heavy (non-hydrogen) atoms. The number of para-hydroxylation sites is 1. The Morgan fingerprint density at radius 2 is 2.00 bits per heavy atom. The average Bonchev–Trinajstić information content (AvgIpc) is 3.11. The van der Waals surface area contributed by atoms with Crippen molar-refractivity contribution >= 4 is 50.8 Å². The summed E-state index contributed by atoms with van der Waals surface area (Å²) in [4.78, 5) is 18.3. The van der Waals surface area contributed by atoms with Crippen LogP contribution in [0.3, 0.4) is 0 Å². The molecule has 5 nitrogen and oxygen atoms in total. The van der Waals surface area contributed by atoms with Crippen molar-refractivity contribution in [1.82, 2.24) is 9.40 Å². The van der Waals surface area contributed by atoms with E-state index in [9.17, 15) is 4.79 Å². The molecule has 1 aromatic heterocycles. The van der Waals surface area contributed by atoms with Crippen LogP contribution in [0.25, 0.3) is 15.8 Å². The molecule has 1 aliphatic rings. The van der Waals surface area contributed by atoms with E-state index in [1.165, 1.54) is 23.3 Å². The van der Waals surface area contributed by atoms with Gasteiger partial charge in [-0.3, -0.25) is 0 Å². The lowest BCUT2D eigenvalue weighted by Gasteiger charge is -2.19. The number of esters is 1. The fourth-order valence-electron chi connectivity index (χ4n) is 2.50. The summed E-state index contributed by atoms with van der Waals surface area (Å²) in [5.41, 5.74) is 2.07. The van der Waals surface area contributed by atoms with Crippen LogP contribution in [0.2, 0.25) is 0 Å². The lowest BCUT2D eigenvalue weighted by molar-refractivity contribution is -0.136. The van der Waals surface area contributed by atoms with Crippen molar-refractivity contribution < 1.29 is 9.53 Å². The van der Waals surface area contributed by atoms with Crippen LogP contribution in [0.5, 0.6) is 0 Å². The van der Waals surface area contributed by atoms with Crippen molar-refractivity contribution in [3.8, 4) is 0 Å². The third-order valence-corrected chi connectivity index (χ3v) is 5.58. The Bertz CT molecular complexity index is 845. The number of rotatable bonds is 3. The van der Waals surface area contributed by atoms with E-state index >= 15 is 0 Å². The van der Waals surface area contributed by atoms with E-state index < -0.39 is 0 Å². The van der Waals surface area contributed by atoms with Crippen LogP contribution in [0.15, 0.2) is 34.3 Å². The summed E-state index contributed by atoms with van der Waals surface area (Å²) >= 11 is 2.95. The minimum Gasteiger partial charge on any atom is -0.462 e. The second-order valence-electron chi connectivity index (χ2n) is 6.67. The van der Waals surface area contributed by atoms with E-state index in [1.807, 2.05) is 38.2 Å². The molecule has 0 radical (unpaired) electrons. The van der Waals surface area contributed by atoms with Crippen molar-refractivity contribution in [2.75, 3.05) is 13.7 Å². The fourth-order valence-corrected chi connectivity index (χ4v) is 4.66. The Balaban J connectivity index is 2.21. The van der Waals surface area contributed by atoms with Gasteiger partial charge in [-0.1, -0.05) is 32.9 Å². The molecule has 0 fully saturated rings. The van der Waals surface area contributed by atoms with E-state index in [0.717, 1.165) is 20.8 Å². The van der Waals surface area contributed by atoms with Gasteiger partial charge in [-0.2, -0.15) is 5.10 Å². The van der Waals surface area contributed by atoms with Gasteiger partial charge in [-0.05, 0) is 19.1 Å². The maximum Gasteiger partial charge on any atom is 0.342 e. The van der Waals surface area contributed by atoms with Crippen molar-refractivity contribution in [1.29, 1.82) is 0 Å². The third kappa shape index (κ3) is 3.57. The van der Waals surface area contributed by atoms with Crippen LogP contribution in [-0.4, -0.2) is 34.7 Å². The molecule has 1 aromatic carbocycles. The van der Waals surface area contributed by atoms with Gasteiger partial charge in [0.1, 0.15) is 10.6 Å². The molecule has 0 aliphatic carbocycles. The number of fused-ring (bicyclic) bond motifs is 1. The molecule has 0 bridgehead atoms. The number of carbonyl (C=O) groups excluding carboxylic acids is 1. The zero-order valence-corrected chi connectivity index (χ0v) is 16.6. The van der Waals surface area contributed by atoms with Crippen LogP contribution in [0.1, 0.15) is 32.7 Å². The Morgan fingerprint density at radius 3 is 2.64 bits per heavy atom. The molecular formula is C18H21N3O2S2. The van der Waals surface area contributed by atoms with Crippen LogP contribution < -0.4 is 0 Å². The first-order chi connectivity index (χ1) is 11.8. The van der Waals surface area contributed by atoms with Gasteiger partial charge in [-0.15, -0.1) is 11.3 Å². The number of carbonyl (C=O) groups is 1. The molecule has 0 unspecified atom stereocenters. The molecule has 0 N–H and O–H groups in total. The highest BCUT2D eigenvalue weighted by molar-refractivity contribution is 8.02. The van der Waals surface area contributed by atoms with Crippen LogP contribution in [0.4, 0.5) is 0 Å². The van der Waals surface area contributed by atoms with Crippen molar-refractivity contribution in [3.63, 3.8) is 0 Å². The highest BCUT2D eigenvalue weighted by Crippen LogP contribution is 2.42.